The van der Waals surface area contributed by atoms with Gasteiger partial charge in [-0.1, -0.05) is 0 Å². The van der Waals surface area contributed by atoms with Gasteiger partial charge in [-0.25, -0.2) is 9.97 Å². The van der Waals surface area contributed by atoms with Crippen molar-refractivity contribution in [1.29, 1.82) is 0 Å². The van der Waals surface area contributed by atoms with Crippen LogP contribution in [0.25, 0.3) is 0 Å². The molecule has 1 aromatic rings. The van der Waals surface area contributed by atoms with Crippen LogP contribution >= 0.6 is 24.8 Å². The minimum Gasteiger partial charge on any atom is -0.355 e. The molecule has 1 fully saturated rings. The van der Waals surface area contributed by atoms with Gasteiger partial charge in [-0.3, -0.25) is 0 Å². The molecule has 0 unspecified atom stereocenters. The molecule has 2 heterocycles. The molecule has 1 aromatic heterocycles. The summed E-state index contributed by atoms with van der Waals surface area (Å²) in [5, 5.41) is 0. The SMILES string of the molecule is Cc1cc(N2CC[C@H](N)C2)ncn1.Cl.Cl. The van der Waals surface area contributed by atoms with Crippen molar-refractivity contribution in [1.82, 2.24) is 9.97 Å². The molecule has 0 radical (unpaired) electrons. The quantitative estimate of drug-likeness (QED) is 0.813. The molecule has 1 aliphatic rings. The zero-order valence-corrected chi connectivity index (χ0v) is 10.2. The Bertz CT molecular complexity index is 308. The van der Waals surface area contributed by atoms with E-state index in [0.29, 0.717) is 6.04 Å². The van der Waals surface area contributed by atoms with Crippen LogP contribution < -0.4 is 10.6 Å². The highest BCUT2D eigenvalue weighted by atomic mass is 35.5. The van der Waals surface area contributed by atoms with E-state index in [9.17, 15) is 0 Å². The van der Waals surface area contributed by atoms with E-state index in [1.54, 1.807) is 6.33 Å². The van der Waals surface area contributed by atoms with E-state index in [4.69, 9.17) is 5.73 Å². The van der Waals surface area contributed by atoms with Gasteiger partial charge in [0.1, 0.15) is 12.1 Å². The summed E-state index contributed by atoms with van der Waals surface area (Å²) >= 11 is 0. The third-order valence-corrected chi connectivity index (χ3v) is 2.34. The van der Waals surface area contributed by atoms with Crippen LogP contribution in [0.1, 0.15) is 12.1 Å². The highest BCUT2D eigenvalue weighted by Crippen LogP contribution is 2.16. The lowest BCUT2D eigenvalue weighted by Gasteiger charge is -2.16. The number of anilines is 1. The van der Waals surface area contributed by atoms with Gasteiger partial charge >= 0.3 is 0 Å². The van der Waals surface area contributed by atoms with Crippen molar-refractivity contribution in [2.45, 2.75) is 19.4 Å². The zero-order valence-electron chi connectivity index (χ0n) is 8.59. The van der Waals surface area contributed by atoms with Crippen LogP contribution in [0, 0.1) is 6.92 Å². The van der Waals surface area contributed by atoms with E-state index in [1.165, 1.54) is 0 Å². The molecule has 1 aliphatic heterocycles. The summed E-state index contributed by atoms with van der Waals surface area (Å²) in [5.41, 5.74) is 6.82. The fraction of sp³-hybridized carbons (Fsp3) is 0.556. The van der Waals surface area contributed by atoms with Crippen molar-refractivity contribution in [3.8, 4) is 0 Å². The maximum Gasteiger partial charge on any atom is 0.132 e. The van der Waals surface area contributed by atoms with Crippen LogP contribution in [-0.2, 0) is 0 Å². The minimum absolute atomic E-state index is 0. The lowest BCUT2D eigenvalue weighted by atomic mass is 10.3. The van der Waals surface area contributed by atoms with Gasteiger partial charge in [0, 0.05) is 30.9 Å². The number of nitrogens with zero attached hydrogens (tertiary/aromatic N) is 3. The second-order valence-electron chi connectivity index (χ2n) is 3.51. The molecule has 86 valence electrons. The number of hydrogen-bond acceptors (Lipinski definition) is 4. The minimum atomic E-state index is 0. The molecular weight excluding hydrogens is 235 g/mol. The van der Waals surface area contributed by atoms with Gasteiger partial charge in [0.05, 0.1) is 0 Å². The smallest absolute Gasteiger partial charge is 0.132 e. The summed E-state index contributed by atoms with van der Waals surface area (Å²) in [6.07, 6.45) is 2.66. The van der Waals surface area contributed by atoms with Crippen molar-refractivity contribution in [2.75, 3.05) is 18.0 Å². The van der Waals surface area contributed by atoms with Gasteiger partial charge in [0.25, 0.3) is 0 Å². The number of aromatic nitrogens is 2. The summed E-state index contributed by atoms with van der Waals surface area (Å²) in [5.74, 6) is 1.00. The monoisotopic (exact) mass is 250 g/mol. The van der Waals surface area contributed by atoms with Gasteiger partial charge in [-0.2, -0.15) is 0 Å². The fourth-order valence-corrected chi connectivity index (χ4v) is 1.61. The molecule has 1 saturated heterocycles. The fourth-order valence-electron chi connectivity index (χ4n) is 1.61. The summed E-state index contributed by atoms with van der Waals surface area (Å²) in [6, 6.07) is 2.30. The number of nitrogens with two attached hydrogens (primary N) is 1. The third kappa shape index (κ3) is 3.48. The Labute approximate surface area is 102 Å². The number of aryl methyl sites for hydroxylation is 1. The maximum absolute atomic E-state index is 5.82. The summed E-state index contributed by atoms with van der Waals surface area (Å²) in [6.45, 7) is 3.90. The Morgan fingerprint density at radius 3 is 2.67 bits per heavy atom. The summed E-state index contributed by atoms with van der Waals surface area (Å²) in [7, 11) is 0. The first-order chi connectivity index (χ1) is 6.25. The van der Waals surface area contributed by atoms with Crippen molar-refractivity contribution in [3.05, 3.63) is 18.1 Å². The Hall–Kier alpha value is -0.580. The molecule has 0 amide bonds. The lowest BCUT2D eigenvalue weighted by molar-refractivity contribution is 0.751. The first-order valence-electron chi connectivity index (χ1n) is 4.55. The Morgan fingerprint density at radius 1 is 1.40 bits per heavy atom. The predicted molar refractivity (Wildman–Crippen MR) is 66.1 cm³/mol. The first kappa shape index (κ1) is 14.4. The lowest BCUT2D eigenvalue weighted by Crippen LogP contribution is -2.26. The molecular formula is C9H16Cl2N4. The van der Waals surface area contributed by atoms with E-state index < -0.39 is 0 Å². The average molecular weight is 251 g/mol. The number of rotatable bonds is 1. The summed E-state index contributed by atoms with van der Waals surface area (Å²) < 4.78 is 0. The van der Waals surface area contributed by atoms with Crippen molar-refractivity contribution >= 4 is 30.6 Å². The van der Waals surface area contributed by atoms with Gasteiger partial charge in [0.2, 0.25) is 0 Å². The molecule has 0 spiro atoms. The van der Waals surface area contributed by atoms with Crippen LogP contribution in [-0.4, -0.2) is 29.1 Å². The largest absolute Gasteiger partial charge is 0.355 e. The Kier molecular flexibility index (Phi) is 5.87. The van der Waals surface area contributed by atoms with Crippen LogP contribution in [0.2, 0.25) is 0 Å². The van der Waals surface area contributed by atoms with Crippen molar-refractivity contribution < 1.29 is 0 Å². The molecule has 15 heavy (non-hydrogen) atoms. The van der Waals surface area contributed by atoms with E-state index in [1.807, 2.05) is 13.0 Å². The third-order valence-electron chi connectivity index (χ3n) is 2.34. The second kappa shape index (κ2) is 6.10. The highest BCUT2D eigenvalue weighted by Gasteiger charge is 2.19. The number of halogens is 2. The number of hydrogen-bond donors (Lipinski definition) is 1. The topological polar surface area (TPSA) is 55.0 Å². The van der Waals surface area contributed by atoms with E-state index in [0.717, 1.165) is 31.0 Å². The molecule has 6 heteroatoms. The molecule has 0 aliphatic carbocycles. The van der Waals surface area contributed by atoms with E-state index >= 15 is 0 Å². The average Bonchev–Trinajstić information content (AvgIpc) is 2.52. The standard InChI is InChI=1S/C9H14N4.2ClH/c1-7-4-9(12-6-11-7)13-3-2-8(10)5-13;;/h4,6,8H,2-3,5,10H2,1H3;2*1H/t8-;;/m0../s1. The first-order valence-corrected chi connectivity index (χ1v) is 4.55. The van der Waals surface area contributed by atoms with Gasteiger partial charge in [-0.05, 0) is 13.3 Å². The molecule has 0 bridgehead atoms. The molecule has 0 aromatic carbocycles. The van der Waals surface area contributed by atoms with Gasteiger partial charge in [-0.15, -0.1) is 24.8 Å². The second-order valence-corrected chi connectivity index (χ2v) is 3.51. The van der Waals surface area contributed by atoms with Crippen LogP contribution in [0.5, 0.6) is 0 Å². The Morgan fingerprint density at radius 2 is 2.13 bits per heavy atom. The molecule has 1 atom stereocenters. The van der Waals surface area contributed by atoms with Crippen molar-refractivity contribution in [2.24, 2.45) is 5.73 Å². The van der Waals surface area contributed by atoms with Crippen LogP contribution in [0.4, 0.5) is 5.82 Å². The molecule has 0 saturated carbocycles. The highest BCUT2D eigenvalue weighted by molar-refractivity contribution is 5.85. The van der Waals surface area contributed by atoms with E-state index in [-0.39, 0.29) is 24.8 Å². The maximum atomic E-state index is 5.82. The summed E-state index contributed by atoms with van der Waals surface area (Å²) in [4.78, 5) is 10.5. The van der Waals surface area contributed by atoms with E-state index in [2.05, 4.69) is 14.9 Å². The van der Waals surface area contributed by atoms with Gasteiger partial charge in [0.15, 0.2) is 0 Å². The zero-order chi connectivity index (χ0) is 9.26. The van der Waals surface area contributed by atoms with Crippen molar-refractivity contribution in [3.63, 3.8) is 0 Å². The normalized spacial score (nSPS) is 19.3. The predicted octanol–water partition coefficient (Wildman–Crippen LogP) is 1.17. The van der Waals surface area contributed by atoms with Gasteiger partial charge < -0.3 is 10.6 Å². The molecule has 2 N–H and O–H groups in total. The Balaban J connectivity index is 0.000000980. The van der Waals surface area contributed by atoms with Crippen LogP contribution in [0.15, 0.2) is 12.4 Å². The van der Waals surface area contributed by atoms with Crippen LogP contribution in [0.3, 0.4) is 0 Å². The molecule has 2 rings (SSSR count). The molecule has 4 nitrogen and oxygen atoms in total.